The fourth-order valence-electron chi connectivity index (χ4n) is 2.88. The molecule has 0 radical (unpaired) electrons. The fraction of sp³-hybridized carbons (Fsp3) is 0.333. The standard InChI is InChI=1S/C18H20N2O4/c1-12-9-20(10-13(2)24-12)18(22)15-5-3-4-6-16(15)19-17(21)14-7-8-23-11-14/h3-8,11-13H,9-10H2,1-2H3,(H,19,21)/t12-,13+. The molecule has 1 N–H and O–H groups in total. The van der Waals surface area contributed by atoms with E-state index in [1.54, 1.807) is 35.2 Å². The predicted molar refractivity (Wildman–Crippen MR) is 89.0 cm³/mol. The summed E-state index contributed by atoms with van der Waals surface area (Å²) in [6.45, 7) is 4.96. The third kappa shape index (κ3) is 3.49. The summed E-state index contributed by atoms with van der Waals surface area (Å²) in [5.74, 6) is -0.423. The van der Waals surface area contributed by atoms with Crippen LogP contribution >= 0.6 is 0 Å². The molecule has 3 rings (SSSR count). The number of hydrogen-bond donors (Lipinski definition) is 1. The SMILES string of the molecule is C[C@@H]1CN(C(=O)c2ccccc2NC(=O)c2ccoc2)C[C@H](C)O1. The molecule has 0 saturated carbocycles. The number of nitrogens with one attached hydrogen (secondary N) is 1. The number of carbonyl (C=O) groups excluding carboxylic acids is 2. The van der Waals surface area contributed by atoms with Crippen molar-refractivity contribution in [3.05, 3.63) is 54.0 Å². The molecule has 0 aliphatic carbocycles. The van der Waals surface area contributed by atoms with Crippen LogP contribution in [0.5, 0.6) is 0 Å². The summed E-state index contributed by atoms with van der Waals surface area (Å²) in [5.41, 5.74) is 1.36. The molecule has 1 aromatic carbocycles. The highest BCUT2D eigenvalue weighted by molar-refractivity contribution is 6.08. The minimum absolute atomic E-state index is 0.00890. The van der Waals surface area contributed by atoms with Crippen LogP contribution in [0.4, 0.5) is 5.69 Å². The molecule has 2 aromatic rings. The van der Waals surface area contributed by atoms with Crippen LogP contribution < -0.4 is 5.32 Å². The predicted octanol–water partition coefficient (Wildman–Crippen LogP) is 2.78. The largest absolute Gasteiger partial charge is 0.472 e. The van der Waals surface area contributed by atoms with Gasteiger partial charge in [-0.05, 0) is 32.0 Å². The van der Waals surface area contributed by atoms with E-state index >= 15 is 0 Å². The topological polar surface area (TPSA) is 71.8 Å². The molecule has 6 heteroatoms. The summed E-state index contributed by atoms with van der Waals surface area (Å²) in [5, 5.41) is 2.78. The highest BCUT2D eigenvalue weighted by atomic mass is 16.5. The van der Waals surface area contributed by atoms with Crippen LogP contribution in [0.25, 0.3) is 0 Å². The van der Waals surface area contributed by atoms with Crippen molar-refractivity contribution in [1.29, 1.82) is 0 Å². The second-order valence-electron chi connectivity index (χ2n) is 5.98. The van der Waals surface area contributed by atoms with Crippen LogP contribution in [-0.4, -0.2) is 42.0 Å². The Bertz CT molecular complexity index is 716. The second kappa shape index (κ2) is 6.88. The molecule has 1 fully saturated rings. The minimum Gasteiger partial charge on any atom is -0.472 e. The van der Waals surface area contributed by atoms with E-state index in [1.807, 2.05) is 13.8 Å². The second-order valence-corrected chi connectivity index (χ2v) is 5.98. The zero-order valence-electron chi connectivity index (χ0n) is 13.7. The maximum Gasteiger partial charge on any atom is 0.258 e. The van der Waals surface area contributed by atoms with Gasteiger partial charge in [0, 0.05) is 13.1 Å². The molecule has 1 aliphatic heterocycles. The Hall–Kier alpha value is -2.60. The van der Waals surface area contributed by atoms with Crippen molar-refractivity contribution in [3.63, 3.8) is 0 Å². The average molecular weight is 328 g/mol. The van der Waals surface area contributed by atoms with Gasteiger partial charge in [-0.3, -0.25) is 9.59 Å². The average Bonchev–Trinajstić information content (AvgIpc) is 3.08. The van der Waals surface area contributed by atoms with Crippen molar-refractivity contribution in [2.24, 2.45) is 0 Å². The van der Waals surface area contributed by atoms with Crippen molar-refractivity contribution in [2.75, 3.05) is 18.4 Å². The molecule has 0 bridgehead atoms. The van der Waals surface area contributed by atoms with E-state index < -0.39 is 0 Å². The van der Waals surface area contributed by atoms with Gasteiger partial charge in [-0.25, -0.2) is 0 Å². The lowest BCUT2D eigenvalue weighted by Gasteiger charge is -2.35. The van der Waals surface area contributed by atoms with Crippen molar-refractivity contribution in [2.45, 2.75) is 26.1 Å². The molecule has 24 heavy (non-hydrogen) atoms. The summed E-state index contributed by atoms with van der Waals surface area (Å²) in [7, 11) is 0. The van der Waals surface area contributed by atoms with Crippen LogP contribution in [-0.2, 0) is 4.74 Å². The number of rotatable bonds is 3. The summed E-state index contributed by atoms with van der Waals surface area (Å²) in [6.07, 6.45) is 2.78. The van der Waals surface area contributed by atoms with Gasteiger partial charge in [0.25, 0.3) is 11.8 Å². The molecule has 0 unspecified atom stereocenters. The summed E-state index contributed by atoms with van der Waals surface area (Å²) in [6, 6.07) is 8.59. The number of anilines is 1. The quantitative estimate of drug-likeness (QED) is 0.940. The molecule has 2 atom stereocenters. The van der Waals surface area contributed by atoms with Gasteiger partial charge in [-0.15, -0.1) is 0 Å². The first kappa shape index (κ1) is 16.3. The van der Waals surface area contributed by atoms with E-state index in [2.05, 4.69) is 5.32 Å². The molecule has 126 valence electrons. The van der Waals surface area contributed by atoms with Crippen molar-refractivity contribution >= 4 is 17.5 Å². The van der Waals surface area contributed by atoms with Crippen molar-refractivity contribution in [1.82, 2.24) is 4.90 Å². The number of amides is 2. The number of hydrogen-bond acceptors (Lipinski definition) is 4. The number of benzene rings is 1. The molecule has 6 nitrogen and oxygen atoms in total. The van der Waals surface area contributed by atoms with Gasteiger partial charge in [0.2, 0.25) is 0 Å². The number of para-hydroxylation sites is 1. The lowest BCUT2D eigenvalue weighted by atomic mass is 10.1. The lowest BCUT2D eigenvalue weighted by Crippen LogP contribution is -2.48. The van der Waals surface area contributed by atoms with Crippen LogP contribution in [0.3, 0.4) is 0 Å². The Kier molecular flexibility index (Phi) is 4.66. The highest BCUT2D eigenvalue weighted by Gasteiger charge is 2.28. The molecule has 1 aliphatic rings. The van der Waals surface area contributed by atoms with Gasteiger partial charge in [0.1, 0.15) is 6.26 Å². The lowest BCUT2D eigenvalue weighted by molar-refractivity contribution is -0.0585. The van der Waals surface area contributed by atoms with Crippen molar-refractivity contribution in [3.8, 4) is 0 Å². The number of carbonyl (C=O) groups is 2. The fourth-order valence-corrected chi connectivity index (χ4v) is 2.88. The summed E-state index contributed by atoms with van der Waals surface area (Å²) < 4.78 is 10.6. The normalized spacial score (nSPS) is 20.7. The maximum atomic E-state index is 12.9. The number of furan rings is 1. The van der Waals surface area contributed by atoms with Gasteiger partial charge in [-0.1, -0.05) is 12.1 Å². The molecular weight excluding hydrogens is 308 g/mol. The molecule has 2 amide bonds. The van der Waals surface area contributed by atoms with E-state index in [1.165, 1.54) is 12.5 Å². The smallest absolute Gasteiger partial charge is 0.258 e. The number of ether oxygens (including phenoxy) is 1. The van der Waals surface area contributed by atoms with Crippen LogP contribution in [0, 0.1) is 0 Å². The molecule has 0 spiro atoms. The Balaban J connectivity index is 1.81. The first-order valence-electron chi connectivity index (χ1n) is 7.92. The number of nitrogens with zero attached hydrogens (tertiary/aromatic N) is 1. The highest BCUT2D eigenvalue weighted by Crippen LogP contribution is 2.21. The zero-order valence-corrected chi connectivity index (χ0v) is 13.7. The number of morpholine rings is 1. The van der Waals surface area contributed by atoms with Gasteiger partial charge >= 0.3 is 0 Å². The van der Waals surface area contributed by atoms with Crippen molar-refractivity contribution < 1.29 is 18.7 Å². The molecular formula is C18H20N2O4. The Morgan fingerprint density at radius 2 is 1.83 bits per heavy atom. The molecule has 1 saturated heterocycles. The molecule has 1 aromatic heterocycles. The van der Waals surface area contributed by atoms with E-state index in [4.69, 9.17) is 9.15 Å². The zero-order chi connectivity index (χ0) is 17.1. The maximum absolute atomic E-state index is 12.9. The van der Waals surface area contributed by atoms with Crippen LogP contribution in [0.2, 0.25) is 0 Å². The van der Waals surface area contributed by atoms with Gasteiger partial charge in [0.05, 0.1) is 35.3 Å². The van der Waals surface area contributed by atoms with Crippen LogP contribution in [0.1, 0.15) is 34.6 Å². The Labute approximate surface area is 140 Å². The third-order valence-electron chi connectivity index (χ3n) is 3.90. The van der Waals surface area contributed by atoms with Gasteiger partial charge < -0.3 is 19.4 Å². The minimum atomic E-state index is -0.312. The van der Waals surface area contributed by atoms with E-state index in [0.29, 0.717) is 29.9 Å². The van der Waals surface area contributed by atoms with Gasteiger partial charge in [-0.2, -0.15) is 0 Å². The first-order valence-corrected chi connectivity index (χ1v) is 7.92. The van der Waals surface area contributed by atoms with E-state index in [0.717, 1.165) is 0 Å². The first-order chi connectivity index (χ1) is 11.5. The Morgan fingerprint density at radius 3 is 2.50 bits per heavy atom. The monoisotopic (exact) mass is 328 g/mol. The molecule has 2 heterocycles. The van der Waals surface area contributed by atoms with E-state index in [9.17, 15) is 9.59 Å². The van der Waals surface area contributed by atoms with Crippen LogP contribution in [0.15, 0.2) is 47.3 Å². The summed E-state index contributed by atoms with van der Waals surface area (Å²) >= 11 is 0. The van der Waals surface area contributed by atoms with Gasteiger partial charge in [0.15, 0.2) is 0 Å². The third-order valence-corrected chi connectivity index (χ3v) is 3.90. The Morgan fingerprint density at radius 1 is 1.12 bits per heavy atom. The summed E-state index contributed by atoms with van der Waals surface area (Å²) in [4.78, 5) is 26.9. The van der Waals surface area contributed by atoms with E-state index in [-0.39, 0.29) is 24.0 Å².